The topological polar surface area (TPSA) is 75.6 Å². The summed E-state index contributed by atoms with van der Waals surface area (Å²) in [6, 6.07) is 14.2. The molecule has 4 aromatic rings. The third-order valence-corrected chi connectivity index (χ3v) is 4.90. The van der Waals surface area contributed by atoms with Gasteiger partial charge in [0.05, 0.1) is 28.5 Å². The third kappa shape index (κ3) is 4.62. The van der Waals surface area contributed by atoms with Gasteiger partial charge in [-0.1, -0.05) is 46.9 Å². The molecular formula is C20H14Cl3N5O. The van der Waals surface area contributed by atoms with Crippen LogP contribution < -0.4 is 5.32 Å². The summed E-state index contributed by atoms with van der Waals surface area (Å²) in [5, 5.41) is 15.5. The fraction of sp³-hybridized carbons (Fsp3) is 0.0500. The predicted molar refractivity (Wildman–Crippen MR) is 115 cm³/mol. The van der Waals surface area contributed by atoms with Crippen molar-refractivity contribution < 1.29 is 4.79 Å². The lowest BCUT2D eigenvalue weighted by Gasteiger charge is -2.07. The molecule has 2 heterocycles. The number of nitrogens with one attached hydrogen (secondary N) is 2. The Balaban J connectivity index is 1.48. The molecule has 1 amide bonds. The van der Waals surface area contributed by atoms with Crippen LogP contribution in [0.2, 0.25) is 15.1 Å². The Morgan fingerprint density at radius 2 is 1.93 bits per heavy atom. The van der Waals surface area contributed by atoms with Crippen molar-refractivity contribution in [3.05, 3.63) is 87.2 Å². The predicted octanol–water partition coefficient (Wildman–Crippen LogP) is 5.53. The fourth-order valence-corrected chi connectivity index (χ4v) is 3.49. The van der Waals surface area contributed by atoms with Crippen molar-refractivity contribution >= 4 is 46.4 Å². The molecule has 2 N–H and O–H groups in total. The summed E-state index contributed by atoms with van der Waals surface area (Å²) in [6.45, 7) is 0.541. The van der Waals surface area contributed by atoms with Crippen LogP contribution in [0.3, 0.4) is 0 Å². The molecule has 9 heteroatoms. The summed E-state index contributed by atoms with van der Waals surface area (Å²) in [5.41, 5.74) is 3.19. The van der Waals surface area contributed by atoms with Gasteiger partial charge in [0.25, 0.3) is 5.91 Å². The zero-order chi connectivity index (χ0) is 20.4. The quantitative estimate of drug-likeness (QED) is 0.423. The summed E-state index contributed by atoms with van der Waals surface area (Å²) < 4.78 is 1.72. The molecule has 0 unspecified atom stereocenters. The van der Waals surface area contributed by atoms with E-state index in [0.29, 0.717) is 44.3 Å². The standard InChI is InChI=1S/C20H14Cl3N5O/c21-13-4-5-16(17(23)7-13)18-8-19(27-26-18)20(29)25-15-3-1-2-12(6-15)10-28-11-14(22)9-24-28/h1-9,11H,10H2,(H,25,29)(H,26,27). The molecule has 0 aliphatic rings. The molecule has 6 nitrogen and oxygen atoms in total. The minimum absolute atomic E-state index is 0.312. The van der Waals surface area contributed by atoms with Gasteiger partial charge in [0.2, 0.25) is 0 Å². The molecule has 0 fully saturated rings. The number of hydrogen-bond acceptors (Lipinski definition) is 3. The highest BCUT2D eigenvalue weighted by Crippen LogP contribution is 2.29. The number of halogens is 3. The average Bonchev–Trinajstić information content (AvgIpc) is 3.31. The second-order valence-corrected chi connectivity index (χ2v) is 7.58. The molecule has 0 spiro atoms. The molecule has 2 aromatic carbocycles. The Hall–Kier alpha value is -2.80. The first-order chi connectivity index (χ1) is 14.0. The van der Waals surface area contributed by atoms with Crippen molar-refractivity contribution in [2.45, 2.75) is 6.54 Å². The number of anilines is 1. The van der Waals surface area contributed by atoms with Crippen LogP contribution in [0.15, 0.2) is 60.9 Å². The van der Waals surface area contributed by atoms with Gasteiger partial charge in [0.15, 0.2) is 0 Å². The molecule has 0 saturated heterocycles. The van der Waals surface area contributed by atoms with Gasteiger partial charge in [0, 0.05) is 22.5 Å². The number of carbonyl (C=O) groups is 1. The minimum atomic E-state index is -0.312. The van der Waals surface area contributed by atoms with E-state index < -0.39 is 0 Å². The number of hydrogen-bond donors (Lipinski definition) is 2. The smallest absolute Gasteiger partial charge is 0.273 e. The maximum absolute atomic E-state index is 12.6. The molecule has 0 bridgehead atoms. The van der Waals surface area contributed by atoms with Gasteiger partial charge in [-0.15, -0.1) is 0 Å². The Labute approximate surface area is 181 Å². The largest absolute Gasteiger partial charge is 0.321 e. The van der Waals surface area contributed by atoms with Gasteiger partial charge >= 0.3 is 0 Å². The lowest BCUT2D eigenvalue weighted by Crippen LogP contribution is -2.12. The summed E-state index contributed by atoms with van der Waals surface area (Å²) in [7, 11) is 0. The van der Waals surface area contributed by atoms with Crippen molar-refractivity contribution in [2.24, 2.45) is 0 Å². The van der Waals surface area contributed by atoms with Crippen LogP contribution in [0.1, 0.15) is 16.1 Å². The minimum Gasteiger partial charge on any atom is -0.321 e. The van der Waals surface area contributed by atoms with Crippen LogP contribution in [0, 0.1) is 0 Å². The SMILES string of the molecule is O=C(Nc1cccc(Cn2cc(Cl)cn2)c1)c1cc(-c2ccc(Cl)cc2Cl)n[nH]1. The van der Waals surface area contributed by atoms with Crippen molar-refractivity contribution in [2.75, 3.05) is 5.32 Å². The Morgan fingerprint density at radius 3 is 2.69 bits per heavy atom. The molecule has 0 saturated carbocycles. The number of carbonyl (C=O) groups excluding carboxylic acids is 1. The highest BCUT2D eigenvalue weighted by atomic mass is 35.5. The molecule has 0 aliphatic heterocycles. The summed E-state index contributed by atoms with van der Waals surface area (Å²) in [4.78, 5) is 12.6. The van der Waals surface area contributed by atoms with Gasteiger partial charge < -0.3 is 5.32 Å². The van der Waals surface area contributed by atoms with E-state index in [1.54, 1.807) is 41.3 Å². The van der Waals surface area contributed by atoms with Gasteiger partial charge in [-0.3, -0.25) is 14.6 Å². The fourth-order valence-electron chi connectivity index (χ4n) is 2.83. The Kier molecular flexibility index (Phi) is 5.58. The summed E-state index contributed by atoms with van der Waals surface area (Å²) in [6.07, 6.45) is 3.32. The molecule has 0 aliphatic carbocycles. The van der Waals surface area contributed by atoms with Crippen LogP contribution in [0.25, 0.3) is 11.3 Å². The van der Waals surface area contributed by atoms with Crippen molar-refractivity contribution in [3.63, 3.8) is 0 Å². The number of rotatable bonds is 5. The van der Waals surface area contributed by atoms with Crippen LogP contribution in [-0.2, 0) is 6.54 Å². The molecule has 29 heavy (non-hydrogen) atoms. The van der Waals surface area contributed by atoms with E-state index in [4.69, 9.17) is 34.8 Å². The van der Waals surface area contributed by atoms with Crippen LogP contribution in [0.4, 0.5) is 5.69 Å². The van der Waals surface area contributed by atoms with E-state index in [-0.39, 0.29) is 5.91 Å². The Morgan fingerprint density at radius 1 is 1.07 bits per heavy atom. The third-order valence-electron chi connectivity index (χ3n) is 4.16. The first-order valence-corrected chi connectivity index (χ1v) is 9.70. The number of aromatic amines is 1. The number of amides is 1. The highest BCUT2D eigenvalue weighted by Gasteiger charge is 2.14. The van der Waals surface area contributed by atoms with E-state index in [0.717, 1.165) is 5.56 Å². The first-order valence-electron chi connectivity index (χ1n) is 8.57. The Bertz CT molecular complexity index is 1180. The molecule has 146 valence electrons. The zero-order valence-electron chi connectivity index (χ0n) is 14.9. The summed E-state index contributed by atoms with van der Waals surface area (Å²) >= 11 is 18.0. The van der Waals surface area contributed by atoms with Crippen LogP contribution in [0.5, 0.6) is 0 Å². The second kappa shape index (κ2) is 8.29. The lowest BCUT2D eigenvalue weighted by molar-refractivity contribution is 0.102. The maximum atomic E-state index is 12.6. The molecule has 4 rings (SSSR count). The van der Waals surface area contributed by atoms with Crippen LogP contribution in [-0.4, -0.2) is 25.9 Å². The second-order valence-electron chi connectivity index (χ2n) is 6.30. The molecule has 0 atom stereocenters. The summed E-state index contributed by atoms with van der Waals surface area (Å²) in [5.74, 6) is -0.312. The molecule has 0 radical (unpaired) electrons. The van der Waals surface area contributed by atoms with Crippen LogP contribution >= 0.6 is 34.8 Å². The van der Waals surface area contributed by atoms with Crippen molar-refractivity contribution in [1.82, 2.24) is 20.0 Å². The number of nitrogens with zero attached hydrogens (tertiary/aromatic N) is 3. The van der Waals surface area contributed by atoms with E-state index in [2.05, 4.69) is 20.6 Å². The van der Waals surface area contributed by atoms with Crippen molar-refractivity contribution in [3.8, 4) is 11.3 Å². The number of benzene rings is 2. The lowest BCUT2D eigenvalue weighted by atomic mass is 10.1. The number of H-pyrrole nitrogens is 1. The zero-order valence-corrected chi connectivity index (χ0v) is 17.1. The molecular weight excluding hydrogens is 433 g/mol. The van der Waals surface area contributed by atoms with E-state index in [1.807, 2.05) is 24.3 Å². The highest BCUT2D eigenvalue weighted by molar-refractivity contribution is 6.36. The van der Waals surface area contributed by atoms with Gasteiger partial charge in [-0.25, -0.2) is 0 Å². The van der Waals surface area contributed by atoms with Gasteiger partial charge in [-0.2, -0.15) is 10.2 Å². The molecule has 2 aromatic heterocycles. The first kappa shape index (κ1) is 19.5. The maximum Gasteiger partial charge on any atom is 0.273 e. The normalized spacial score (nSPS) is 10.9. The average molecular weight is 447 g/mol. The van der Waals surface area contributed by atoms with Gasteiger partial charge in [0.1, 0.15) is 5.69 Å². The van der Waals surface area contributed by atoms with E-state index in [9.17, 15) is 4.79 Å². The number of aromatic nitrogens is 4. The van der Waals surface area contributed by atoms with E-state index >= 15 is 0 Å². The van der Waals surface area contributed by atoms with E-state index in [1.165, 1.54) is 0 Å². The van der Waals surface area contributed by atoms with Crippen molar-refractivity contribution in [1.29, 1.82) is 0 Å². The monoisotopic (exact) mass is 445 g/mol. The van der Waals surface area contributed by atoms with Gasteiger partial charge in [-0.05, 0) is 42.0 Å².